The number of methoxy groups -OCH3 is 1. The third kappa shape index (κ3) is 6.00. The van der Waals surface area contributed by atoms with E-state index in [1.807, 2.05) is 0 Å². The summed E-state index contributed by atoms with van der Waals surface area (Å²) in [5.41, 5.74) is 1.15. The largest absolute Gasteiger partial charge is 0.496 e. The summed E-state index contributed by atoms with van der Waals surface area (Å²) in [5, 5.41) is 11.9. The molecule has 0 aliphatic carbocycles. The highest BCUT2D eigenvalue weighted by Gasteiger charge is 2.21. The number of hydrogen-bond donors (Lipinski definition) is 2. The van der Waals surface area contributed by atoms with Gasteiger partial charge in [-0.05, 0) is 44.0 Å². The molecule has 2 aromatic rings. The topological polar surface area (TPSA) is 84.9 Å². The van der Waals surface area contributed by atoms with Crippen molar-refractivity contribution in [2.45, 2.75) is 45.9 Å². The Morgan fingerprint density at radius 1 is 1.13 bits per heavy atom. The molecule has 6 nitrogen and oxygen atoms in total. The van der Waals surface area contributed by atoms with Gasteiger partial charge in [-0.2, -0.15) is 0 Å². The Morgan fingerprint density at radius 3 is 2.43 bits per heavy atom. The van der Waals surface area contributed by atoms with Crippen molar-refractivity contribution in [3.63, 3.8) is 0 Å². The van der Waals surface area contributed by atoms with Crippen LogP contribution in [0, 0.1) is 18.6 Å². The van der Waals surface area contributed by atoms with E-state index in [0.29, 0.717) is 22.9 Å². The molecule has 162 valence electrons. The molecule has 0 spiro atoms. The predicted molar refractivity (Wildman–Crippen MR) is 107 cm³/mol. The number of nitrogens with one attached hydrogen (secondary N) is 1. The normalized spacial score (nSPS) is 12.0. The van der Waals surface area contributed by atoms with Gasteiger partial charge in [-0.25, -0.2) is 13.6 Å². The summed E-state index contributed by atoms with van der Waals surface area (Å²) in [4.78, 5) is 23.8. The number of amides is 1. The fourth-order valence-electron chi connectivity index (χ4n) is 2.94. The summed E-state index contributed by atoms with van der Waals surface area (Å²) >= 11 is 0. The van der Waals surface area contributed by atoms with E-state index in [4.69, 9.17) is 9.47 Å². The molecular weight excluding hydrogens is 396 g/mol. The molecule has 2 N–H and O–H groups in total. The van der Waals surface area contributed by atoms with Gasteiger partial charge in [0.05, 0.1) is 18.8 Å². The Kier molecular flexibility index (Phi) is 7.88. The van der Waals surface area contributed by atoms with Crippen LogP contribution in [0.4, 0.5) is 8.78 Å². The third-order valence-electron chi connectivity index (χ3n) is 4.41. The Balaban J connectivity index is 2.18. The second kappa shape index (κ2) is 10.2. The number of carboxylic acids is 1. The average molecular weight is 421 g/mol. The van der Waals surface area contributed by atoms with Crippen LogP contribution in [0.15, 0.2) is 30.3 Å². The van der Waals surface area contributed by atoms with Crippen molar-refractivity contribution in [1.29, 1.82) is 0 Å². The fourth-order valence-corrected chi connectivity index (χ4v) is 2.94. The van der Waals surface area contributed by atoms with Gasteiger partial charge in [0, 0.05) is 24.6 Å². The van der Waals surface area contributed by atoms with Gasteiger partial charge in [0.25, 0.3) is 5.91 Å². The van der Waals surface area contributed by atoms with E-state index in [1.165, 1.54) is 14.0 Å². The maximum atomic E-state index is 13.9. The van der Waals surface area contributed by atoms with Gasteiger partial charge in [-0.15, -0.1) is 0 Å². The van der Waals surface area contributed by atoms with E-state index in [1.54, 1.807) is 32.0 Å². The highest BCUT2D eigenvalue weighted by atomic mass is 19.1. The number of rotatable bonds is 9. The molecule has 0 fully saturated rings. The van der Waals surface area contributed by atoms with Crippen LogP contribution in [0.2, 0.25) is 0 Å². The number of benzene rings is 2. The molecule has 8 heteroatoms. The van der Waals surface area contributed by atoms with Crippen LogP contribution in [-0.4, -0.2) is 36.3 Å². The second-order valence-electron chi connectivity index (χ2n) is 7.13. The minimum atomic E-state index is -1.07. The quantitative estimate of drug-likeness (QED) is 0.646. The van der Waals surface area contributed by atoms with E-state index in [-0.39, 0.29) is 30.2 Å². The maximum Gasteiger partial charge on any atom is 0.333 e. The van der Waals surface area contributed by atoms with Crippen LogP contribution >= 0.6 is 0 Å². The Labute approximate surface area is 173 Å². The van der Waals surface area contributed by atoms with Crippen LogP contribution in [0.3, 0.4) is 0 Å². The monoisotopic (exact) mass is 421 g/mol. The van der Waals surface area contributed by atoms with Crippen molar-refractivity contribution in [2.24, 2.45) is 0 Å². The van der Waals surface area contributed by atoms with E-state index >= 15 is 0 Å². The van der Waals surface area contributed by atoms with Gasteiger partial charge < -0.3 is 19.9 Å². The number of carbonyl (C=O) groups is 2. The molecule has 0 saturated carbocycles. The SMILES string of the molecule is COc1ccc(CC(OC(C)C)C(=O)O)cc1CNC(=O)c1cc(C)c(F)cc1F. The van der Waals surface area contributed by atoms with Crippen LogP contribution in [0.1, 0.15) is 40.9 Å². The molecule has 30 heavy (non-hydrogen) atoms. The zero-order valence-corrected chi connectivity index (χ0v) is 17.3. The fraction of sp³-hybridized carbons (Fsp3) is 0.364. The number of hydrogen-bond acceptors (Lipinski definition) is 4. The molecule has 0 bridgehead atoms. The summed E-state index contributed by atoms with van der Waals surface area (Å²) in [6.45, 7) is 4.95. The molecule has 2 aromatic carbocycles. The molecular formula is C22H25F2NO5. The first-order valence-electron chi connectivity index (χ1n) is 9.40. The van der Waals surface area contributed by atoms with Crippen molar-refractivity contribution in [3.8, 4) is 5.75 Å². The Bertz CT molecular complexity index is 930. The molecule has 1 unspecified atom stereocenters. The lowest BCUT2D eigenvalue weighted by Gasteiger charge is -2.18. The summed E-state index contributed by atoms with van der Waals surface area (Å²) in [6, 6.07) is 6.89. The average Bonchev–Trinajstić information content (AvgIpc) is 2.68. The van der Waals surface area contributed by atoms with E-state index < -0.39 is 29.6 Å². The molecule has 0 aliphatic heterocycles. The predicted octanol–water partition coefficient (Wildman–Crippen LogP) is 3.63. The lowest BCUT2D eigenvalue weighted by atomic mass is 10.0. The van der Waals surface area contributed by atoms with Gasteiger partial charge in [-0.3, -0.25) is 4.79 Å². The number of carbonyl (C=O) groups excluding carboxylic acids is 1. The molecule has 0 heterocycles. The van der Waals surface area contributed by atoms with Crippen LogP contribution < -0.4 is 10.1 Å². The highest BCUT2D eigenvalue weighted by Crippen LogP contribution is 2.22. The standard InChI is InChI=1S/C22H25F2NO5/c1-12(2)30-20(22(27)28)9-14-5-6-19(29-4)15(8-14)11-25-21(26)16-7-13(3)17(23)10-18(16)24/h5-8,10,12,20H,9,11H2,1-4H3,(H,25,26)(H,27,28). The second-order valence-corrected chi connectivity index (χ2v) is 7.13. The first kappa shape index (κ1) is 23.3. The van der Waals surface area contributed by atoms with Gasteiger partial charge in [0.15, 0.2) is 6.10 Å². The van der Waals surface area contributed by atoms with Crippen molar-refractivity contribution in [2.75, 3.05) is 7.11 Å². The van der Waals surface area contributed by atoms with Gasteiger partial charge in [-0.1, -0.05) is 12.1 Å². The van der Waals surface area contributed by atoms with Crippen molar-refractivity contribution in [3.05, 3.63) is 64.2 Å². The molecule has 0 radical (unpaired) electrons. The minimum Gasteiger partial charge on any atom is -0.496 e. The Hall–Kier alpha value is -3.00. The third-order valence-corrected chi connectivity index (χ3v) is 4.41. The van der Waals surface area contributed by atoms with E-state index in [2.05, 4.69) is 5.32 Å². The zero-order chi connectivity index (χ0) is 22.4. The smallest absolute Gasteiger partial charge is 0.333 e. The molecule has 1 amide bonds. The molecule has 0 aromatic heterocycles. The molecule has 0 saturated heterocycles. The molecule has 1 atom stereocenters. The first-order valence-corrected chi connectivity index (χ1v) is 9.40. The van der Waals surface area contributed by atoms with Crippen molar-refractivity contribution in [1.82, 2.24) is 5.32 Å². The van der Waals surface area contributed by atoms with E-state index in [9.17, 15) is 23.5 Å². The van der Waals surface area contributed by atoms with Crippen LogP contribution in [-0.2, 0) is 22.5 Å². The number of aliphatic carboxylic acids is 1. The summed E-state index contributed by atoms with van der Waals surface area (Å²) in [5.74, 6) is -2.97. The van der Waals surface area contributed by atoms with Gasteiger partial charge >= 0.3 is 5.97 Å². The number of halogens is 2. The first-order chi connectivity index (χ1) is 14.1. The van der Waals surface area contributed by atoms with Gasteiger partial charge in [0.1, 0.15) is 17.4 Å². The summed E-state index contributed by atoms with van der Waals surface area (Å²) in [7, 11) is 1.46. The summed E-state index contributed by atoms with van der Waals surface area (Å²) in [6.07, 6.45) is -1.14. The maximum absolute atomic E-state index is 13.9. The van der Waals surface area contributed by atoms with E-state index in [0.717, 1.165) is 6.07 Å². The Morgan fingerprint density at radius 2 is 1.83 bits per heavy atom. The number of ether oxygens (including phenoxy) is 2. The van der Waals surface area contributed by atoms with Crippen molar-refractivity contribution < 1.29 is 33.0 Å². The zero-order valence-electron chi connectivity index (χ0n) is 17.3. The van der Waals surface area contributed by atoms with Crippen LogP contribution in [0.5, 0.6) is 5.75 Å². The lowest BCUT2D eigenvalue weighted by molar-refractivity contribution is -0.153. The number of carboxylic acid groups (broad SMARTS) is 1. The number of aryl methyl sites for hydroxylation is 1. The molecule has 2 rings (SSSR count). The van der Waals surface area contributed by atoms with Crippen LogP contribution in [0.25, 0.3) is 0 Å². The molecule has 0 aliphatic rings. The van der Waals surface area contributed by atoms with Crippen molar-refractivity contribution >= 4 is 11.9 Å². The van der Waals surface area contributed by atoms with Gasteiger partial charge in [0.2, 0.25) is 0 Å². The minimum absolute atomic E-state index is 0.00842. The summed E-state index contributed by atoms with van der Waals surface area (Å²) < 4.78 is 38.1. The highest BCUT2D eigenvalue weighted by molar-refractivity contribution is 5.94. The lowest BCUT2D eigenvalue weighted by Crippen LogP contribution is -2.29.